The maximum Gasteiger partial charge on any atom is 0.417 e. The summed E-state index contributed by atoms with van der Waals surface area (Å²) in [5.41, 5.74) is 1.42. The molecule has 0 radical (unpaired) electrons. The number of β-amino-alcohol motifs (C(OH)–C–C–N with tert-alkyl or cyclic N) is 1. The van der Waals surface area contributed by atoms with Gasteiger partial charge in [0.1, 0.15) is 30.0 Å². The van der Waals surface area contributed by atoms with Gasteiger partial charge in [-0.1, -0.05) is 45.0 Å². The van der Waals surface area contributed by atoms with Gasteiger partial charge in [-0.3, -0.25) is 33.9 Å². The van der Waals surface area contributed by atoms with E-state index in [4.69, 9.17) is 26.4 Å². The highest BCUT2D eigenvalue weighted by atomic mass is 32.1. The van der Waals surface area contributed by atoms with E-state index in [1.807, 2.05) is 63.8 Å². The third-order valence-electron chi connectivity index (χ3n) is 13.8. The number of aryl methyl sites for hydroxylation is 1. The van der Waals surface area contributed by atoms with Gasteiger partial charge in [0.15, 0.2) is 5.11 Å². The molecule has 4 aromatic rings. The van der Waals surface area contributed by atoms with E-state index in [0.29, 0.717) is 77.2 Å². The van der Waals surface area contributed by atoms with Crippen molar-refractivity contribution in [3.05, 3.63) is 94.6 Å². The number of anilines is 2. The quantitative estimate of drug-likeness (QED) is 0.119. The Labute approximate surface area is 450 Å². The first-order valence-electron chi connectivity index (χ1n) is 25.2. The van der Waals surface area contributed by atoms with Crippen molar-refractivity contribution in [1.82, 2.24) is 30.3 Å². The lowest BCUT2D eigenvalue weighted by Crippen LogP contribution is -2.59. The molecule has 3 N–H and O–H groups in total. The summed E-state index contributed by atoms with van der Waals surface area (Å²) in [6, 6.07) is 17.1. The lowest BCUT2D eigenvalue weighted by Gasteiger charge is -2.36. The molecule has 1 unspecified atom stereocenters. The lowest BCUT2D eigenvalue weighted by molar-refractivity contribution is -0.144. The monoisotopic (exact) mass is 1090 g/mol. The van der Waals surface area contributed by atoms with Crippen LogP contribution in [0.5, 0.6) is 5.75 Å². The standard InChI is InChI=1S/C54H66F3N9O8S2/c1-34(36-8-10-37(11-9-36)46-35(2)59-33-76-46)60-48(69)44-29-41(67)31-64(44)49(70)47(52(3,4)5)61-45(68)32-63-20-25-72-23-18-62(19-24-73-26-21-63)22-27-74-42-16-14-39(15-17-42)66-51(75)65(50(71)53(66,6)7)40-13-12-38(30-58)43(28-40)54(55,56)57/h8-17,28,33-34,41,44,47,67H,18-27,29,31-32H2,1-7H3,(H,60,69)(H,61,68)/t34-,41+,44-,47?/m0/s1. The number of thiazole rings is 1. The second-order valence-corrected chi connectivity index (χ2v) is 21.9. The van der Waals surface area contributed by atoms with Crippen molar-refractivity contribution in [2.24, 2.45) is 5.41 Å². The fraction of sp³-hybridized carbons (Fsp3) is 0.500. The van der Waals surface area contributed by atoms with Crippen LogP contribution in [0.2, 0.25) is 0 Å². The van der Waals surface area contributed by atoms with Crippen LogP contribution in [0.15, 0.2) is 72.2 Å². The van der Waals surface area contributed by atoms with Gasteiger partial charge < -0.3 is 39.8 Å². The Kier molecular flexibility index (Phi) is 18.6. The molecule has 3 aliphatic heterocycles. The van der Waals surface area contributed by atoms with E-state index in [9.17, 15) is 42.7 Å². The summed E-state index contributed by atoms with van der Waals surface area (Å²) in [6.45, 7) is 17.0. The third-order valence-corrected chi connectivity index (χ3v) is 15.1. The number of benzene rings is 3. The normalized spacial score (nSPS) is 20.1. The molecule has 3 fully saturated rings. The second-order valence-electron chi connectivity index (χ2n) is 20.7. The van der Waals surface area contributed by atoms with Crippen LogP contribution >= 0.6 is 23.6 Å². The summed E-state index contributed by atoms with van der Waals surface area (Å²) in [7, 11) is 0. The molecule has 17 nitrogen and oxygen atoms in total. The maximum atomic E-state index is 14.3. The number of aliphatic hydroxyl groups excluding tert-OH is 1. The zero-order valence-corrected chi connectivity index (χ0v) is 45.4. The number of rotatable bonds is 14. The van der Waals surface area contributed by atoms with Crippen molar-refractivity contribution in [3.63, 3.8) is 0 Å². The highest BCUT2D eigenvalue weighted by Gasteiger charge is 2.51. The minimum absolute atomic E-state index is 0.0109. The highest BCUT2D eigenvalue weighted by Crippen LogP contribution is 2.40. The average molecular weight is 1090 g/mol. The molecule has 0 bridgehead atoms. The molecule has 4 atom stereocenters. The molecule has 0 saturated carbocycles. The van der Waals surface area contributed by atoms with Crippen molar-refractivity contribution in [2.75, 3.05) is 88.6 Å². The minimum Gasteiger partial charge on any atom is -0.492 e. The zero-order valence-electron chi connectivity index (χ0n) is 43.8. The number of hydrogen-bond donors (Lipinski definition) is 3. The molecule has 408 valence electrons. The SMILES string of the molecule is Cc1ncsc1-c1ccc([C@H](C)NC(=O)[C@@H]2C[C@@H](O)CN2C(=O)C(NC(=O)CN2CCOCCN(CCOc3ccc(N4C(=S)N(c5ccc(C#N)c(C(F)(F)F)c5)C(=O)C4(C)C)cc3)CCOCC2)C(C)(C)C)cc1. The van der Waals surface area contributed by atoms with Crippen LogP contribution in [0.25, 0.3) is 10.4 Å². The van der Waals surface area contributed by atoms with Crippen molar-refractivity contribution in [1.29, 1.82) is 5.26 Å². The molecular formula is C54H66F3N9O8S2. The summed E-state index contributed by atoms with van der Waals surface area (Å²) in [5, 5.41) is 26.0. The number of hydrogen-bond acceptors (Lipinski definition) is 14. The first-order chi connectivity index (χ1) is 36.0. The van der Waals surface area contributed by atoms with Crippen molar-refractivity contribution in [2.45, 2.75) is 90.8 Å². The molecule has 76 heavy (non-hydrogen) atoms. The molecule has 1 aromatic heterocycles. The minimum atomic E-state index is -4.81. The van der Waals surface area contributed by atoms with Crippen molar-refractivity contribution >= 4 is 63.7 Å². The van der Waals surface area contributed by atoms with Gasteiger partial charge in [0.2, 0.25) is 17.7 Å². The van der Waals surface area contributed by atoms with Gasteiger partial charge >= 0.3 is 6.18 Å². The molecule has 7 rings (SSSR count). The van der Waals surface area contributed by atoms with Crippen LogP contribution < -0.4 is 25.2 Å². The number of nitrogens with zero attached hydrogens (tertiary/aromatic N) is 7. The molecule has 3 aromatic carbocycles. The summed E-state index contributed by atoms with van der Waals surface area (Å²) in [5.74, 6) is -1.18. The number of nitrogens with one attached hydrogen (secondary N) is 2. The molecule has 0 aliphatic carbocycles. The predicted molar refractivity (Wildman–Crippen MR) is 286 cm³/mol. The van der Waals surface area contributed by atoms with Crippen LogP contribution in [-0.4, -0.2) is 156 Å². The van der Waals surface area contributed by atoms with E-state index in [-0.39, 0.29) is 48.2 Å². The topological polar surface area (TPSA) is 193 Å². The molecule has 0 spiro atoms. The maximum absolute atomic E-state index is 14.3. The van der Waals surface area contributed by atoms with E-state index in [1.54, 1.807) is 65.9 Å². The molecule has 3 aliphatic rings. The molecule has 3 saturated heterocycles. The molecule has 22 heteroatoms. The lowest BCUT2D eigenvalue weighted by atomic mass is 9.85. The van der Waals surface area contributed by atoms with E-state index in [0.717, 1.165) is 38.7 Å². The number of ether oxygens (including phenoxy) is 3. The van der Waals surface area contributed by atoms with E-state index >= 15 is 0 Å². The highest BCUT2D eigenvalue weighted by molar-refractivity contribution is 7.81. The Morgan fingerprint density at radius 1 is 0.947 bits per heavy atom. The Morgan fingerprint density at radius 3 is 2.14 bits per heavy atom. The summed E-state index contributed by atoms with van der Waals surface area (Å²) in [4.78, 5) is 69.0. The first-order valence-corrected chi connectivity index (χ1v) is 26.5. The van der Waals surface area contributed by atoms with Crippen molar-refractivity contribution < 1.29 is 51.7 Å². The van der Waals surface area contributed by atoms with Crippen LogP contribution in [0.4, 0.5) is 24.5 Å². The molecular weight excluding hydrogens is 1020 g/mol. The summed E-state index contributed by atoms with van der Waals surface area (Å²) >= 11 is 7.23. The van der Waals surface area contributed by atoms with Crippen LogP contribution in [-0.2, 0) is 34.8 Å². The number of alkyl halides is 3. The van der Waals surface area contributed by atoms with E-state index in [2.05, 4.69) is 20.5 Å². The number of amides is 4. The smallest absolute Gasteiger partial charge is 0.417 e. The van der Waals surface area contributed by atoms with Gasteiger partial charge in [-0.25, -0.2) is 4.98 Å². The van der Waals surface area contributed by atoms with Gasteiger partial charge in [0.05, 0.1) is 84.1 Å². The predicted octanol–water partition coefficient (Wildman–Crippen LogP) is 6.33. The second kappa shape index (κ2) is 24.5. The summed E-state index contributed by atoms with van der Waals surface area (Å²) < 4.78 is 59.5. The fourth-order valence-electron chi connectivity index (χ4n) is 9.45. The van der Waals surface area contributed by atoms with Gasteiger partial charge in [-0.05, 0) is 98.9 Å². The van der Waals surface area contributed by atoms with E-state index in [1.165, 1.54) is 11.0 Å². The Balaban J connectivity index is 0.864. The number of thiocarbonyl (C=S) groups is 1. The van der Waals surface area contributed by atoms with Gasteiger partial charge in [-0.15, -0.1) is 11.3 Å². The Hall–Kier alpha value is -6.06. The number of carbonyl (C=O) groups excluding carboxylic acids is 4. The number of aromatic nitrogens is 1. The van der Waals surface area contributed by atoms with Gasteiger partial charge in [-0.2, -0.15) is 18.4 Å². The largest absolute Gasteiger partial charge is 0.492 e. The number of aliphatic hydroxyl groups is 1. The van der Waals surface area contributed by atoms with E-state index < -0.39 is 58.3 Å². The van der Waals surface area contributed by atoms with Gasteiger partial charge in [0, 0.05) is 51.4 Å². The number of nitriles is 1. The van der Waals surface area contributed by atoms with Gasteiger partial charge in [0.25, 0.3) is 5.91 Å². The molecule has 4 heterocycles. The number of halogens is 3. The van der Waals surface area contributed by atoms with Crippen molar-refractivity contribution in [3.8, 4) is 22.3 Å². The fourth-order valence-corrected chi connectivity index (χ4v) is 10.8. The first kappa shape index (κ1) is 57.6. The van der Waals surface area contributed by atoms with Crippen LogP contribution in [0.3, 0.4) is 0 Å². The average Bonchev–Trinajstić information content (AvgIpc) is 4.10. The number of carbonyl (C=O) groups is 4. The van der Waals surface area contributed by atoms with Crippen LogP contribution in [0.1, 0.15) is 76.4 Å². The Bertz CT molecular complexity index is 2750. The molecule has 4 amide bonds. The Morgan fingerprint density at radius 2 is 1.57 bits per heavy atom. The third kappa shape index (κ3) is 13.7. The van der Waals surface area contributed by atoms with Crippen LogP contribution in [0, 0.1) is 23.7 Å². The number of likely N-dealkylation sites (tertiary alicyclic amines) is 1. The zero-order chi connectivity index (χ0) is 55.1. The summed E-state index contributed by atoms with van der Waals surface area (Å²) in [6.07, 6.45) is -5.64.